The predicted octanol–water partition coefficient (Wildman–Crippen LogP) is 0.410. The first-order valence-electron chi connectivity index (χ1n) is 7.29. The smallest absolute Gasteiger partial charge is 0.0214 e. The second-order valence-electron chi connectivity index (χ2n) is 6.08. The van der Waals surface area contributed by atoms with Crippen LogP contribution in [0.2, 0.25) is 0 Å². The average molecular weight is 256 g/mol. The summed E-state index contributed by atoms with van der Waals surface area (Å²) in [6.07, 6.45) is 0. The molecule has 1 rings (SSSR count). The summed E-state index contributed by atoms with van der Waals surface area (Å²) in [6.45, 7) is 13.1. The normalized spacial score (nSPS) is 20.8. The van der Waals surface area contributed by atoms with Gasteiger partial charge in [-0.05, 0) is 27.1 Å². The molecule has 1 saturated heterocycles. The highest BCUT2D eigenvalue weighted by Crippen LogP contribution is 2.07. The molecule has 0 spiro atoms. The summed E-state index contributed by atoms with van der Waals surface area (Å²) in [6, 6.07) is 0.623. The van der Waals surface area contributed by atoms with Gasteiger partial charge in [0.25, 0.3) is 0 Å². The summed E-state index contributed by atoms with van der Waals surface area (Å²) >= 11 is 0. The molecule has 0 bridgehead atoms. The van der Waals surface area contributed by atoms with E-state index < -0.39 is 0 Å². The van der Waals surface area contributed by atoms with Crippen LogP contribution in [-0.4, -0.2) is 87.7 Å². The van der Waals surface area contributed by atoms with Crippen LogP contribution in [0.25, 0.3) is 0 Å². The predicted molar refractivity (Wildman–Crippen MR) is 79.1 cm³/mol. The first kappa shape index (κ1) is 15.9. The standard InChI is InChI=1S/C14H32N4/c1-13(2)14(15-3)12-18-10-8-17(9-11-18)7-6-16(4)5/h13-15H,6-12H2,1-5H3. The van der Waals surface area contributed by atoms with Crippen LogP contribution >= 0.6 is 0 Å². The van der Waals surface area contributed by atoms with E-state index in [2.05, 4.69) is 55.0 Å². The Bertz CT molecular complexity index is 210. The highest BCUT2D eigenvalue weighted by Gasteiger charge is 2.20. The van der Waals surface area contributed by atoms with E-state index in [0.717, 1.165) is 0 Å². The lowest BCUT2D eigenvalue weighted by Gasteiger charge is -2.37. The second kappa shape index (κ2) is 8.10. The highest BCUT2D eigenvalue weighted by molar-refractivity contribution is 4.78. The summed E-state index contributed by atoms with van der Waals surface area (Å²) in [7, 11) is 6.38. The maximum Gasteiger partial charge on any atom is 0.0214 e. The van der Waals surface area contributed by atoms with Gasteiger partial charge in [0, 0.05) is 51.9 Å². The molecule has 0 aromatic carbocycles. The molecule has 0 aromatic rings. The van der Waals surface area contributed by atoms with Gasteiger partial charge >= 0.3 is 0 Å². The molecule has 1 N–H and O–H groups in total. The molecule has 1 heterocycles. The van der Waals surface area contributed by atoms with Gasteiger partial charge in [-0.2, -0.15) is 0 Å². The number of hydrogen-bond donors (Lipinski definition) is 1. The van der Waals surface area contributed by atoms with Gasteiger partial charge in [0.2, 0.25) is 0 Å². The van der Waals surface area contributed by atoms with E-state index in [4.69, 9.17) is 0 Å². The third-order valence-electron chi connectivity index (χ3n) is 3.96. The van der Waals surface area contributed by atoms with Crippen molar-refractivity contribution in [2.45, 2.75) is 19.9 Å². The van der Waals surface area contributed by atoms with Crippen molar-refractivity contribution in [3.63, 3.8) is 0 Å². The van der Waals surface area contributed by atoms with Gasteiger partial charge in [-0.3, -0.25) is 9.80 Å². The van der Waals surface area contributed by atoms with E-state index in [1.165, 1.54) is 45.8 Å². The summed E-state index contributed by atoms with van der Waals surface area (Å²) in [5, 5.41) is 3.44. The number of nitrogens with zero attached hydrogens (tertiary/aromatic N) is 3. The molecule has 4 heteroatoms. The Balaban J connectivity index is 2.22. The Hall–Kier alpha value is -0.160. The van der Waals surface area contributed by atoms with E-state index in [9.17, 15) is 0 Å². The zero-order valence-corrected chi connectivity index (χ0v) is 12.9. The average Bonchev–Trinajstić information content (AvgIpc) is 2.34. The lowest BCUT2D eigenvalue weighted by molar-refractivity contribution is 0.112. The van der Waals surface area contributed by atoms with E-state index in [0.29, 0.717) is 12.0 Å². The van der Waals surface area contributed by atoms with Crippen LogP contribution in [0.4, 0.5) is 0 Å². The zero-order chi connectivity index (χ0) is 13.5. The third-order valence-corrected chi connectivity index (χ3v) is 3.96. The minimum atomic E-state index is 0.623. The minimum Gasteiger partial charge on any atom is -0.315 e. The van der Waals surface area contributed by atoms with E-state index in [1.54, 1.807) is 0 Å². The molecular weight excluding hydrogens is 224 g/mol. The molecule has 1 fully saturated rings. The van der Waals surface area contributed by atoms with Gasteiger partial charge in [-0.25, -0.2) is 0 Å². The maximum atomic E-state index is 3.44. The van der Waals surface area contributed by atoms with Crippen molar-refractivity contribution in [3.8, 4) is 0 Å². The molecular formula is C14H32N4. The first-order valence-corrected chi connectivity index (χ1v) is 7.29. The van der Waals surface area contributed by atoms with Crippen LogP contribution in [0.15, 0.2) is 0 Å². The van der Waals surface area contributed by atoms with Crippen molar-refractivity contribution in [2.24, 2.45) is 5.92 Å². The minimum absolute atomic E-state index is 0.623. The van der Waals surface area contributed by atoms with E-state index >= 15 is 0 Å². The zero-order valence-electron chi connectivity index (χ0n) is 12.9. The van der Waals surface area contributed by atoms with E-state index in [-0.39, 0.29) is 0 Å². The van der Waals surface area contributed by atoms with Crippen molar-refractivity contribution >= 4 is 0 Å². The lowest BCUT2D eigenvalue weighted by atomic mass is 10.0. The van der Waals surface area contributed by atoms with Crippen LogP contribution in [0.3, 0.4) is 0 Å². The summed E-state index contributed by atoms with van der Waals surface area (Å²) in [5.41, 5.74) is 0. The second-order valence-corrected chi connectivity index (χ2v) is 6.08. The topological polar surface area (TPSA) is 21.8 Å². The SMILES string of the molecule is CNC(CN1CCN(CCN(C)C)CC1)C(C)C. The van der Waals surface area contributed by atoms with Crippen LogP contribution in [0.1, 0.15) is 13.8 Å². The number of likely N-dealkylation sites (N-methyl/N-ethyl adjacent to an activating group) is 2. The molecule has 1 atom stereocenters. The molecule has 108 valence electrons. The van der Waals surface area contributed by atoms with Gasteiger partial charge in [0.05, 0.1) is 0 Å². The molecule has 0 saturated carbocycles. The van der Waals surface area contributed by atoms with Gasteiger partial charge < -0.3 is 10.2 Å². The molecule has 0 radical (unpaired) electrons. The van der Waals surface area contributed by atoms with Gasteiger partial charge in [0.15, 0.2) is 0 Å². The Morgan fingerprint density at radius 2 is 1.61 bits per heavy atom. The van der Waals surface area contributed by atoms with Crippen LogP contribution in [-0.2, 0) is 0 Å². The van der Waals surface area contributed by atoms with Crippen molar-refractivity contribution < 1.29 is 0 Å². The number of hydrogen-bond acceptors (Lipinski definition) is 4. The number of nitrogens with one attached hydrogen (secondary N) is 1. The van der Waals surface area contributed by atoms with Crippen molar-refractivity contribution in [3.05, 3.63) is 0 Å². The van der Waals surface area contributed by atoms with Gasteiger partial charge in [-0.1, -0.05) is 13.8 Å². The Morgan fingerprint density at radius 1 is 1.06 bits per heavy atom. The third kappa shape index (κ3) is 5.65. The highest BCUT2D eigenvalue weighted by atomic mass is 15.3. The summed E-state index contributed by atoms with van der Waals surface area (Å²) in [4.78, 5) is 7.45. The van der Waals surface area contributed by atoms with Crippen LogP contribution in [0, 0.1) is 5.92 Å². The first-order chi connectivity index (χ1) is 8.52. The van der Waals surface area contributed by atoms with Crippen molar-refractivity contribution in [1.82, 2.24) is 20.0 Å². The van der Waals surface area contributed by atoms with Crippen LogP contribution in [0.5, 0.6) is 0 Å². The molecule has 1 unspecified atom stereocenters. The molecule has 0 aromatic heterocycles. The molecule has 18 heavy (non-hydrogen) atoms. The molecule has 0 amide bonds. The molecule has 1 aliphatic rings. The van der Waals surface area contributed by atoms with Crippen molar-refractivity contribution in [2.75, 3.05) is 67.0 Å². The van der Waals surface area contributed by atoms with Crippen molar-refractivity contribution in [1.29, 1.82) is 0 Å². The summed E-state index contributed by atoms with van der Waals surface area (Å²) in [5.74, 6) is 0.710. The fraction of sp³-hybridized carbons (Fsp3) is 1.00. The largest absolute Gasteiger partial charge is 0.315 e. The molecule has 0 aliphatic carbocycles. The van der Waals surface area contributed by atoms with E-state index in [1.807, 2.05) is 0 Å². The number of piperazine rings is 1. The Kier molecular flexibility index (Phi) is 7.15. The quantitative estimate of drug-likeness (QED) is 0.712. The number of rotatable bonds is 7. The summed E-state index contributed by atoms with van der Waals surface area (Å²) < 4.78 is 0. The van der Waals surface area contributed by atoms with Gasteiger partial charge in [-0.15, -0.1) is 0 Å². The Labute approximate surface area is 113 Å². The van der Waals surface area contributed by atoms with Crippen LogP contribution < -0.4 is 5.32 Å². The monoisotopic (exact) mass is 256 g/mol. The molecule has 1 aliphatic heterocycles. The fourth-order valence-corrected chi connectivity index (χ4v) is 2.45. The fourth-order valence-electron chi connectivity index (χ4n) is 2.45. The maximum absolute atomic E-state index is 3.44. The lowest BCUT2D eigenvalue weighted by Crippen LogP contribution is -2.52. The van der Waals surface area contributed by atoms with Gasteiger partial charge in [0.1, 0.15) is 0 Å². The molecule has 4 nitrogen and oxygen atoms in total. The Morgan fingerprint density at radius 3 is 2.06 bits per heavy atom.